The van der Waals surface area contributed by atoms with Crippen LogP contribution in [0, 0.1) is 6.92 Å². The van der Waals surface area contributed by atoms with Gasteiger partial charge in [-0.15, -0.1) is 0 Å². The van der Waals surface area contributed by atoms with Gasteiger partial charge in [0.05, 0.1) is 5.56 Å². The summed E-state index contributed by atoms with van der Waals surface area (Å²) in [7, 11) is 0. The van der Waals surface area contributed by atoms with E-state index >= 15 is 0 Å². The maximum atomic E-state index is 12.3. The predicted molar refractivity (Wildman–Crippen MR) is 74.2 cm³/mol. The first kappa shape index (κ1) is 14.1. The van der Waals surface area contributed by atoms with Gasteiger partial charge in [0, 0.05) is 10.7 Å². The van der Waals surface area contributed by atoms with Gasteiger partial charge in [-0.25, -0.2) is 0 Å². The Morgan fingerprint density at radius 2 is 1.95 bits per heavy atom. The zero-order valence-electron chi connectivity index (χ0n) is 10.7. The molecule has 0 radical (unpaired) electrons. The fourth-order valence-corrected chi connectivity index (χ4v) is 1.87. The zero-order valence-corrected chi connectivity index (χ0v) is 11.4. The fraction of sp³-hybridized carbons (Fsp3) is 0.143. The number of carbonyl (C=O) groups is 2. The third kappa shape index (κ3) is 3.19. The van der Waals surface area contributed by atoms with Gasteiger partial charge >= 0.3 is 5.97 Å². The Kier molecular flexibility index (Phi) is 4.10. The Morgan fingerprint density at radius 1 is 1.30 bits per heavy atom. The number of hydrogen-bond acceptors (Lipinski definition) is 3. The van der Waals surface area contributed by atoms with Crippen LogP contribution in [0.2, 0.25) is 5.02 Å². The zero-order chi connectivity index (χ0) is 14.7. The summed E-state index contributed by atoms with van der Waals surface area (Å²) in [5, 5.41) is 9.47. The van der Waals surface area contributed by atoms with Gasteiger partial charge in [-0.05, 0) is 37.3 Å². The first-order valence-electron chi connectivity index (χ1n) is 5.82. The SMILES string of the molecule is Cc1cc(C(=O)N(CC(=O)O)c2ccc(Cl)cc2)co1. The monoisotopic (exact) mass is 293 g/mol. The van der Waals surface area contributed by atoms with Gasteiger partial charge in [0.1, 0.15) is 18.6 Å². The third-order valence-corrected chi connectivity index (χ3v) is 2.91. The fourth-order valence-electron chi connectivity index (χ4n) is 1.75. The summed E-state index contributed by atoms with van der Waals surface area (Å²) >= 11 is 5.79. The summed E-state index contributed by atoms with van der Waals surface area (Å²) in [6.45, 7) is 1.27. The number of aliphatic carboxylic acids is 1. The van der Waals surface area contributed by atoms with E-state index in [0.29, 0.717) is 22.0 Å². The number of hydrogen-bond donors (Lipinski definition) is 1. The van der Waals surface area contributed by atoms with Crippen LogP contribution in [0.4, 0.5) is 5.69 Å². The van der Waals surface area contributed by atoms with E-state index in [-0.39, 0.29) is 0 Å². The molecule has 20 heavy (non-hydrogen) atoms. The van der Waals surface area contributed by atoms with Crippen molar-refractivity contribution in [2.24, 2.45) is 0 Å². The summed E-state index contributed by atoms with van der Waals surface area (Å²) in [5.41, 5.74) is 0.763. The average Bonchev–Trinajstić information content (AvgIpc) is 2.83. The van der Waals surface area contributed by atoms with E-state index in [2.05, 4.69) is 0 Å². The summed E-state index contributed by atoms with van der Waals surface area (Å²) in [6, 6.07) is 7.94. The maximum Gasteiger partial charge on any atom is 0.323 e. The standard InChI is InChI=1S/C14H12ClNO4/c1-9-6-10(8-20-9)14(19)16(7-13(17)18)12-4-2-11(15)3-5-12/h2-6,8H,7H2,1H3,(H,17,18). The van der Waals surface area contributed by atoms with Gasteiger partial charge < -0.3 is 9.52 Å². The van der Waals surface area contributed by atoms with Crippen molar-refractivity contribution in [3.63, 3.8) is 0 Å². The minimum atomic E-state index is -1.10. The van der Waals surface area contributed by atoms with Crippen molar-refractivity contribution < 1.29 is 19.1 Å². The number of halogens is 1. The number of benzene rings is 1. The number of carboxylic acids is 1. The smallest absolute Gasteiger partial charge is 0.323 e. The first-order valence-corrected chi connectivity index (χ1v) is 6.19. The molecule has 2 rings (SSSR count). The van der Waals surface area contributed by atoms with E-state index in [9.17, 15) is 9.59 Å². The van der Waals surface area contributed by atoms with Crippen LogP contribution in [0.15, 0.2) is 41.0 Å². The lowest BCUT2D eigenvalue weighted by atomic mass is 10.2. The van der Waals surface area contributed by atoms with E-state index < -0.39 is 18.4 Å². The Balaban J connectivity index is 2.34. The van der Waals surface area contributed by atoms with E-state index in [0.717, 1.165) is 4.90 Å². The van der Waals surface area contributed by atoms with Crippen molar-refractivity contribution in [3.8, 4) is 0 Å². The van der Waals surface area contributed by atoms with Crippen molar-refractivity contribution in [3.05, 3.63) is 52.9 Å². The van der Waals surface area contributed by atoms with Crippen LogP contribution < -0.4 is 4.90 Å². The highest BCUT2D eigenvalue weighted by molar-refractivity contribution is 6.30. The third-order valence-electron chi connectivity index (χ3n) is 2.65. The normalized spacial score (nSPS) is 10.3. The number of anilines is 1. The maximum absolute atomic E-state index is 12.3. The molecule has 0 aliphatic carbocycles. The Bertz CT molecular complexity index is 633. The number of aryl methyl sites for hydroxylation is 1. The number of carboxylic acid groups (broad SMARTS) is 1. The van der Waals surface area contributed by atoms with Crippen LogP contribution in [0.5, 0.6) is 0 Å². The van der Waals surface area contributed by atoms with Gasteiger partial charge in [-0.3, -0.25) is 14.5 Å². The van der Waals surface area contributed by atoms with E-state index in [1.807, 2.05) is 0 Å². The van der Waals surface area contributed by atoms with Crippen LogP contribution in [0.3, 0.4) is 0 Å². The summed E-state index contributed by atoms with van der Waals surface area (Å²) < 4.78 is 5.08. The van der Waals surface area contributed by atoms with Gasteiger partial charge in [-0.2, -0.15) is 0 Å². The predicted octanol–water partition coefficient (Wildman–Crippen LogP) is 2.97. The van der Waals surface area contributed by atoms with Gasteiger partial charge in [-0.1, -0.05) is 11.6 Å². The molecule has 5 nitrogen and oxygen atoms in total. The molecule has 0 aliphatic heterocycles. The van der Waals surface area contributed by atoms with Crippen LogP contribution in [0.25, 0.3) is 0 Å². The highest BCUT2D eigenvalue weighted by Gasteiger charge is 2.21. The largest absolute Gasteiger partial charge is 0.480 e. The summed E-state index contributed by atoms with van der Waals surface area (Å²) in [6.07, 6.45) is 1.31. The number of amides is 1. The molecule has 0 saturated carbocycles. The quantitative estimate of drug-likeness (QED) is 0.941. The Labute approximate surface area is 120 Å². The van der Waals surface area contributed by atoms with Crippen LogP contribution in [-0.2, 0) is 4.79 Å². The molecular formula is C14H12ClNO4. The molecule has 1 heterocycles. The van der Waals surface area contributed by atoms with Crippen LogP contribution >= 0.6 is 11.6 Å². The van der Waals surface area contributed by atoms with Gasteiger partial charge in [0.15, 0.2) is 0 Å². The van der Waals surface area contributed by atoms with Gasteiger partial charge in [0.25, 0.3) is 5.91 Å². The molecule has 0 bridgehead atoms. The molecule has 1 aromatic carbocycles. The molecule has 0 spiro atoms. The highest BCUT2D eigenvalue weighted by atomic mass is 35.5. The lowest BCUT2D eigenvalue weighted by Gasteiger charge is -2.20. The molecule has 6 heteroatoms. The van der Waals surface area contributed by atoms with E-state index in [1.54, 1.807) is 37.3 Å². The molecule has 0 saturated heterocycles. The number of furan rings is 1. The topological polar surface area (TPSA) is 70.8 Å². The molecular weight excluding hydrogens is 282 g/mol. The molecule has 0 fully saturated rings. The number of rotatable bonds is 4. The van der Waals surface area contributed by atoms with Crippen molar-refractivity contribution in [1.82, 2.24) is 0 Å². The Morgan fingerprint density at radius 3 is 2.45 bits per heavy atom. The molecule has 1 aromatic heterocycles. The Hall–Kier alpha value is -2.27. The second-order valence-corrected chi connectivity index (χ2v) is 4.64. The van der Waals surface area contributed by atoms with E-state index in [4.69, 9.17) is 21.1 Å². The molecule has 2 aromatic rings. The minimum Gasteiger partial charge on any atom is -0.480 e. The minimum absolute atomic E-state index is 0.304. The van der Waals surface area contributed by atoms with Crippen molar-refractivity contribution in [1.29, 1.82) is 0 Å². The summed E-state index contributed by atoms with van der Waals surface area (Å²) in [5.74, 6) is -0.958. The molecule has 1 N–H and O–H groups in total. The van der Waals surface area contributed by atoms with Gasteiger partial charge in [0.2, 0.25) is 0 Å². The average molecular weight is 294 g/mol. The van der Waals surface area contributed by atoms with E-state index in [1.165, 1.54) is 6.26 Å². The molecule has 104 valence electrons. The van der Waals surface area contributed by atoms with Crippen LogP contribution in [0.1, 0.15) is 16.1 Å². The van der Waals surface area contributed by atoms with Crippen molar-refractivity contribution in [2.45, 2.75) is 6.92 Å². The number of carbonyl (C=O) groups excluding carboxylic acids is 1. The molecule has 1 amide bonds. The first-order chi connectivity index (χ1) is 9.47. The molecule has 0 unspecified atom stereocenters. The lowest BCUT2D eigenvalue weighted by Crippen LogP contribution is -2.35. The van der Waals surface area contributed by atoms with Crippen molar-refractivity contribution >= 4 is 29.2 Å². The summed E-state index contributed by atoms with van der Waals surface area (Å²) in [4.78, 5) is 24.5. The second-order valence-electron chi connectivity index (χ2n) is 4.21. The second kappa shape index (κ2) is 5.79. The van der Waals surface area contributed by atoms with Crippen molar-refractivity contribution in [2.75, 3.05) is 11.4 Å². The lowest BCUT2D eigenvalue weighted by molar-refractivity contribution is -0.135. The molecule has 0 aliphatic rings. The highest BCUT2D eigenvalue weighted by Crippen LogP contribution is 2.20. The van der Waals surface area contributed by atoms with Crippen LogP contribution in [-0.4, -0.2) is 23.5 Å². The number of nitrogens with zero attached hydrogens (tertiary/aromatic N) is 1. The molecule has 0 atom stereocenters.